The molecule has 0 heterocycles. The van der Waals surface area contributed by atoms with Crippen molar-refractivity contribution < 1.29 is 64.1 Å². The van der Waals surface area contributed by atoms with E-state index in [4.69, 9.17) is 18.9 Å². The smallest absolute Gasteiger partial charge is 0.744 e. The molecule has 0 atom stereocenters. The van der Waals surface area contributed by atoms with E-state index < -0.39 is 53.9 Å². The predicted molar refractivity (Wildman–Crippen MR) is 544 cm³/mol. The zero-order valence-electron chi connectivity index (χ0n) is 83.7. The van der Waals surface area contributed by atoms with Gasteiger partial charge in [0.1, 0.15) is 20.2 Å². The Kier molecular flexibility index (Phi) is 93.3. The molecule has 0 saturated heterocycles. The van der Waals surface area contributed by atoms with Gasteiger partial charge < -0.3 is 28.1 Å². The van der Waals surface area contributed by atoms with Crippen LogP contribution in [0.15, 0.2) is 94.8 Å². The van der Waals surface area contributed by atoms with E-state index in [1.54, 1.807) is 0 Å². The minimum Gasteiger partial charge on any atom is -0.744 e. The Morgan fingerprint density at radius 1 is 0.209 bits per heavy atom. The number of carbonyl (C=O) groups excluding carboxylic acids is 4. The van der Waals surface area contributed by atoms with Crippen LogP contribution in [0.25, 0.3) is 0 Å². The van der Waals surface area contributed by atoms with Gasteiger partial charge in [-0.05, 0) is 165 Å². The van der Waals surface area contributed by atoms with Crippen molar-refractivity contribution in [3.63, 3.8) is 0 Å². The van der Waals surface area contributed by atoms with Crippen LogP contribution in [0, 0.1) is 0 Å². The summed E-state index contributed by atoms with van der Waals surface area (Å²) in [6, 6.07) is 6.31. The van der Waals surface area contributed by atoms with E-state index in [9.17, 15) is 45.1 Å². The van der Waals surface area contributed by atoms with Gasteiger partial charge in [-0.15, -0.1) is 0 Å². The first kappa shape index (κ1) is 125. The van der Waals surface area contributed by atoms with Crippen LogP contribution >= 0.6 is 0 Å². The molecule has 2 aromatic carbocycles. The summed E-state index contributed by atoms with van der Waals surface area (Å²) in [5.41, 5.74) is -0.670. The minimum atomic E-state index is -4.82. The molecule has 0 aliphatic rings. The summed E-state index contributed by atoms with van der Waals surface area (Å²) in [6.07, 6.45) is 119. The molecule has 0 bridgehead atoms. The largest absolute Gasteiger partial charge is 2.00 e. The topological polar surface area (TPSA) is 220 Å². The molecule has 129 heavy (non-hydrogen) atoms. The Labute approximate surface area is 824 Å². The Balaban J connectivity index is 0.00000252. The third-order valence-electron chi connectivity index (χ3n) is 25.0. The van der Waals surface area contributed by atoms with Crippen molar-refractivity contribution in [3.8, 4) is 0 Å². The van der Waals surface area contributed by atoms with Gasteiger partial charge in [0, 0.05) is 0 Å². The fourth-order valence-corrected chi connectivity index (χ4v) is 17.7. The van der Waals surface area contributed by atoms with Gasteiger partial charge in [-0.25, -0.2) is 36.0 Å². The van der Waals surface area contributed by atoms with E-state index in [0.29, 0.717) is 25.7 Å². The molecular formula is C112H194CaO14S2. The molecular weight excluding hydrogens is 1670 g/mol. The zero-order valence-corrected chi connectivity index (χ0v) is 87.6. The number of hydrogen-bond acceptors (Lipinski definition) is 14. The van der Waals surface area contributed by atoms with Crippen LogP contribution < -0.4 is 0 Å². The van der Waals surface area contributed by atoms with Crippen molar-refractivity contribution >= 4 is 81.9 Å². The Morgan fingerprint density at radius 2 is 0.341 bits per heavy atom. The Hall–Kier alpha value is -3.64. The number of rotatable bonds is 94. The molecule has 0 unspecified atom stereocenters. The van der Waals surface area contributed by atoms with Crippen molar-refractivity contribution in [2.45, 2.75) is 551 Å². The van der Waals surface area contributed by atoms with Crippen LogP contribution in [0.2, 0.25) is 0 Å². The van der Waals surface area contributed by atoms with Crippen LogP contribution in [0.5, 0.6) is 0 Å². The number of ether oxygens (including phenoxy) is 4. The standard InChI is InChI=1S/2C56H98O7S.Ca/c2*1-3-5-7-9-11-13-15-17-19-21-23-25-27-29-31-33-35-37-39-41-43-45-49-62-55(57)53-48-47-52(64(59,60)61)51-54(53)56(58)63-50-46-44-42-40-38-36-34-32-30-28-26-24-22-20-18-16-14-12-10-8-6-4-2;/h2*23-26,47-48,51H,3-22,27-46,49-50H2,1-2H3,(H,59,60,61);/q;;+2/p-2/b2*25-23+,26-24+;. The molecule has 0 fully saturated rings. The molecule has 0 radical (unpaired) electrons. The number of benzene rings is 2. The molecule has 740 valence electrons. The third kappa shape index (κ3) is 82.4. The van der Waals surface area contributed by atoms with E-state index in [0.717, 1.165) is 101 Å². The molecule has 0 saturated carbocycles. The molecule has 14 nitrogen and oxygen atoms in total. The van der Waals surface area contributed by atoms with Crippen molar-refractivity contribution in [1.82, 2.24) is 0 Å². The maximum Gasteiger partial charge on any atom is 2.00 e. The van der Waals surface area contributed by atoms with Crippen molar-refractivity contribution in [2.24, 2.45) is 0 Å². The average Bonchev–Trinajstić information content (AvgIpc) is 0.812. The van der Waals surface area contributed by atoms with E-state index in [1.165, 1.54) is 423 Å². The maximum absolute atomic E-state index is 13.0. The summed E-state index contributed by atoms with van der Waals surface area (Å²) in [4.78, 5) is 50.8. The summed E-state index contributed by atoms with van der Waals surface area (Å²) in [6.45, 7) is 9.82. The van der Waals surface area contributed by atoms with Gasteiger partial charge in [-0.2, -0.15) is 0 Å². The predicted octanol–water partition coefficient (Wildman–Crippen LogP) is 34.9. The molecule has 0 aliphatic heterocycles. The number of hydrogen-bond donors (Lipinski definition) is 0. The van der Waals surface area contributed by atoms with Gasteiger partial charge in [0.25, 0.3) is 0 Å². The monoisotopic (exact) mass is 1870 g/mol. The third-order valence-corrected chi connectivity index (χ3v) is 26.7. The van der Waals surface area contributed by atoms with Crippen molar-refractivity contribution in [2.75, 3.05) is 26.4 Å². The van der Waals surface area contributed by atoms with Gasteiger partial charge in [-0.3, -0.25) is 0 Å². The molecule has 17 heteroatoms. The first-order chi connectivity index (χ1) is 62.6. The molecule has 0 amide bonds. The molecule has 0 aliphatic carbocycles. The summed E-state index contributed by atoms with van der Waals surface area (Å²) < 4.78 is 92.1. The second-order valence-electron chi connectivity index (χ2n) is 37.1. The number of unbranched alkanes of at least 4 members (excludes halogenated alkanes) is 72. The Morgan fingerprint density at radius 3 is 0.488 bits per heavy atom. The SMILES string of the molecule is CCCCCCCCCCC/C=C/CCCCCCCCCCCOC(=O)c1ccc(S(=O)(=O)[O-])cc1C(=O)OCCCCCCCCCCC/C=C/CCCCCCCCCCC.CCCCCCCCCCC/C=C/CCCCCCCCCCCOC(=O)c1ccc(S(=O)(=O)[O-])cc1C(=O)OCCCCCCCCCCC/C=C/CCCCCCCCCCC.[Ca+2]. The second kappa shape index (κ2) is 96.1. The van der Waals surface area contributed by atoms with E-state index in [1.807, 2.05) is 0 Å². The summed E-state index contributed by atoms with van der Waals surface area (Å²) in [5.74, 6) is -3.09. The van der Waals surface area contributed by atoms with Crippen LogP contribution in [-0.2, 0) is 39.2 Å². The van der Waals surface area contributed by atoms with Gasteiger partial charge in [0.2, 0.25) is 0 Å². The van der Waals surface area contributed by atoms with Crippen molar-refractivity contribution in [1.29, 1.82) is 0 Å². The minimum absolute atomic E-state index is 0. The summed E-state index contributed by atoms with van der Waals surface area (Å²) >= 11 is 0. The van der Waals surface area contributed by atoms with Crippen LogP contribution in [-0.4, -0.2) is 114 Å². The van der Waals surface area contributed by atoms with E-state index in [2.05, 4.69) is 76.3 Å². The average molecular weight is 1870 g/mol. The number of esters is 4. The van der Waals surface area contributed by atoms with E-state index >= 15 is 0 Å². The van der Waals surface area contributed by atoms with Gasteiger partial charge >= 0.3 is 61.6 Å². The molecule has 0 spiro atoms. The van der Waals surface area contributed by atoms with Gasteiger partial charge in [-0.1, -0.05) is 462 Å². The first-order valence-corrected chi connectivity index (χ1v) is 56.9. The molecule has 2 aromatic rings. The van der Waals surface area contributed by atoms with Crippen molar-refractivity contribution in [3.05, 3.63) is 107 Å². The van der Waals surface area contributed by atoms with Crippen LogP contribution in [0.4, 0.5) is 0 Å². The Bertz CT molecular complexity index is 3020. The van der Waals surface area contributed by atoms with Gasteiger partial charge in [0.05, 0.1) is 58.5 Å². The molecule has 0 N–H and O–H groups in total. The van der Waals surface area contributed by atoms with Crippen LogP contribution in [0.3, 0.4) is 0 Å². The maximum atomic E-state index is 13.0. The quantitative estimate of drug-likeness (QED) is 0.0150. The molecule has 2 rings (SSSR count). The van der Waals surface area contributed by atoms with Gasteiger partial charge in [0.15, 0.2) is 0 Å². The first-order valence-electron chi connectivity index (χ1n) is 54.1. The number of carbonyl (C=O) groups is 4. The zero-order chi connectivity index (χ0) is 92.9. The normalized spacial score (nSPS) is 11.8. The number of allylic oxidation sites excluding steroid dienone is 8. The fraction of sp³-hybridized carbons (Fsp3) is 0.786. The van der Waals surface area contributed by atoms with E-state index in [-0.39, 0.29) is 86.4 Å². The fourth-order valence-electron chi connectivity index (χ4n) is 16.7. The summed E-state index contributed by atoms with van der Waals surface area (Å²) in [7, 11) is -9.65. The summed E-state index contributed by atoms with van der Waals surface area (Å²) in [5, 5.41) is 0. The van der Waals surface area contributed by atoms with Crippen LogP contribution in [0.1, 0.15) is 583 Å². The molecule has 0 aromatic heterocycles. The second-order valence-corrected chi connectivity index (χ2v) is 39.9.